The van der Waals surface area contributed by atoms with Gasteiger partial charge in [0.05, 0.1) is 19.8 Å². The number of ether oxygens (including phenoxy) is 2. The lowest BCUT2D eigenvalue weighted by molar-refractivity contribution is 0.0376. The van der Waals surface area contributed by atoms with E-state index in [1.54, 1.807) is 0 Å². The molecule has 8 heteroatoms. The molecule has 2 N–H and O–H groups in total. The van der Waals surface area contributed by atoms with E-state index < -0.39 is 0 Å². The first kappa shape index (κ1) is 24.1. The van der Waals surface area contributed by atoms with Gasteiger partial charge in [0.25, 0.3) is 0 Å². The van der Waals surface area contributed by atoms with Crippen molar-refractivity contribution in [1.29, 1.82) is 0 Å². The molecular formula is C21H36IN5O2. The Morgan fingerprint density at radius 1 is 1.28 bits per heavy atom. The molecule has 2 heterocycles. The molecular weight excluding hydrogens is 481 g/mol. The van der Waals surface area contributed by atoms with E-state index in [1.165, 1.54) is 12.8 Å². The Kier molecular flexibility index (Phi) is 11.6. The third-order valence-corrected chi connectivity index (χ3v) is 5.20. The molecule has 1 saturated carbocycles. The van der Waals surface area contributed by atoms with Crippen LogP contribution in [0.25, 0.3) is 0 Å². The number of aromatic nitrogens is 1. The van der Waals surface area contributed by atoms with Crippen molar-refractivity contribution < 1.29 is 9.47 Å². The molecule has 0 atom stereocenters. The van der Waals surface area contributed by atoms with Crippen molar-refractivity contribution in [2.24, 2.45) is 4.99 Å². The number of nitrogens with zero attached hydrogens (tertiary/aromatic N) is 3. The first-order chi connectivity index (χ1) is 13.8. The summed E-state index contributed by atoms with van der Waals surface area (Å²) in [5.74, 6) is 1.59. The number of hydrogen-bond acceptors (Lipinski definition) is 5. The van der Waals surface area contributed by atoms with Crippen molar-refractivity contribution in [2.75, 3.05) is 45.9 Å². The number of nitrogens with one attached hydrogen (secondary N) is 2. The van der Waals surface area contributed by atoms with Gasteiger partial charge < -0.3 is 20.1 Å². The Bertz CT molecular complexity index is 604. The summed E-state index contributed by atoms with van der Waals surface area (Å²) in [5.41, 5.74) is 1.12. The Morgan fingerprint density at radius 3 is 2.83 bits per heavy atom. The van der Waals surface area contributed by atoms with Gasteiger partial charge in [0.1, 0.15) is 6.10 Å². The normalized spacial score (nSPS) is 18.3. The van der Waals surface area contributed by atoms with Crippen LogP contribution < -0.4 is 15.4 Å². The number of aliphatic imine (C=N–C) groups is 1. The van der Waals surface area contributed by atoms with Crippen molar-refractivity contribution in [3.8, 4) is 5.88 Å². The highest BCUT2D eigenvalue weighted by molar-refractivity contribution is 14.0. The van der Waals surface area contributed by atoms with Crippen molar-refractivity contribution >= 4 is 29.9 Å². The van der Waals surface area contributed by atoms with Crippen LogP contribution in [0, 0.1) is 0 Å². The summed E-state index contributed by atoms with van der Waals surface area (Å²) in [6.45, 7) is 9.36. The number of morpholine rings is 1. The van der Waals surface area contributed by atoms with Gasteiger partial charge in [-0.3, -0.25) is 4.90 Å². The van der Waals surface area contributed by atoms with E-state index >= 15 is 0 Å². The fourth-order valence-corrected chi connectivity index (χ4v) is 3.64. The summed E-state index contributed by atoms with van der Waals surface area (Å²) >= 11 is 0. The number of pyridine rings is 1. The molecule has 2 fully saturated rings. The van der Waals surface area contributed by atoms with Gasteiger partial charge in [-0.05, 0) is 57.2 Å². The average molecular weight is 517 g/mol. The molecule has 0 amide bonds. The second-order valence-corrected chi connectivity index (χ2v) is 7.46. The second-order valence-electron chi connectivity index (χ2n) is 7.46. The van der Waals surface area contributed by atoms with Crippen LogP contribution in [0.5, 0.6) is 5.88 Å². The van der Waals surface area contributed by atoms with E-state index in [-0.39, 0.29) is 24.0 Å². The molecule has 164 valence electrons. The minimum Gasteiger partial charge on any atom is -0.474 e. The van der Waals surface area contributed by atoms with Gasteiger partial charge in [-0.25, -0.2) is 9.98 Å². The summed E-state index contributed by atoms with van der Waals surface area (Å²) in [6.07, 6.45) is 8.05. The lowest BCUT2D eigenvalue weighted by Crippen LogP contribution is -2.40. The molecule has 3 rings (SSSR count). The molecule has 29 heavy (non-hydrogen) atoms. The number of hydrogen-bond donors (Lipinski definition) is 2. The zero-order valence-electron chi connectivity index (χ0n) is 17.6. The van der Waals surface area contributed by atoms with Crippen LogP contribution in [-0.4, -0.2) is 67.9 Å². The monoisotopic (exact) mass is 517 g/mol. The molecule has 0 aromatic carbocycles. The van der Waals surface area contributed by atoms with Gasteiger partial charge in [-0.2, -0.15) is 0 Å². The summed E-state index contributed by atoms with van der Waals surface area (Å²) in [5, 5.41) is 6.76. The minimum absolute atomic E-state index is 0. The Hall–Kier alpha value is -1.13. The third-order valence-electron chi connectivity index (χ3n) is 5.20. The smallest absolute Gasteiger partial charge is 0.213 e. The minimum atomic E-state index is 0. The highest BCUT2D eigenvalue weighted by Gasteiger charge is 2.17. The lowest BCUT2D eigenvalue weighted by atomic mass is 10.2. The molecule has 1 aromatic heterocycles. The quantitative estimate of drug-likeness (QED) is 0.227. The van der Waals surface area contributed by atoms with Crippen molar-refractivity contribution in [3.63, 3.8) is 0 Å². The standard InChI is InChI=1S/C21H35N5O2.HI/c1-2-22-21(24-9-5-11-26-12-14-27-15-13-26)25-17-18-8-10-23-20(16-18)28-19-6-3-4-7-19;/h8,10,16,19H,2-7,9,11-15,17H2,1H3,(H2,22,24,25);1H. The van der Waals surface area contributed by atoms with E-state index in [1.807, 2.05) is 18.3 Å². The fourth-order valence-electron chi connectivity index (χ4n) is 3.64. The largest absolute Gasteiger partial charge is 0.474 e. The van der Waals surface area contributed by atoms with Crippen molar-refractivity contribution in [1.82, 2.24) is 20.5 Å². The maximum Gasteiger partial charge on any atom is 0.213 e. The average Bonchev–Trinajstić information content (AvgIpc) is 3.23. The summed E-state index contributed by atoms with van der Waals surface area (Å²) in [7, 11) is 0. The van der Waals surface area contributed by atoms with Crippen LogP contribution in [0.3, 0.4) is 0 Å². The molecule has 0 spiro atoms. The number of halogens is 1. The van der Waals surface area contributed by atoms with Crippen molar-refractivity contribution in [2.45, 2.75) is 51.7 Å². The SMILES string of the molecule is CCNC(=NCc1ccnc(OC2CCCC2)c1)NCCCN1CCOCC1.I. The van der Waals surface area contributed by atoms with Gasteiger partial charge >= 0.3 is 0 Å². The Morgan fingerprint density at radius 2 is 2.07 bits per heavy atom. The molecule has 0 bridgehead atoms. The van der Waals surface area contributed by atoms with Gasteiger partial charge in [-0.1, -0.05) is 0 Å². The first-order valence-corrected chi connectivity index (χ1v) is 10.8. The molecule has 2 aliphatic rings. The topological polar surface area (TPSA) is 71.0 Å². The Labute approximate surface area is 192 Å². The molecule has 0 unspecified atom stereocenters. The maximum atomic E-state index is 6.00. The van der Waals surface area contributed by atoms with E-state index in [4.69, 9.17) is 14.5 Å². The van der Waals surface area contributed by atoms with Crippen LogP contribution in [0.4, 0.5) is 0 Å². The van der Waals surface area contributed by atoms with Crippen LogP contribution in [-0.2, 0) is 11.3 Å². The summed E-state index contributed by atoms with van der Waals surface area (Å²) in [4.78, 5) is 11.5. The molecule has 0 radical (unpaired) electrons. The Balaban J connectivity index is 0.00000300. The van der Waals surface area contributed by atoms with Crippen LogP contribution >= 0.6 is 24.0 Å². The third kappa shape index (κ3) is 9.04. The maximum absolute atomic E-state index is 6.00. The van der Waals surface area contributed by atoms with Gasteiger partial charge in [0.15, 0.2) is 5.96 Å². The molecule has 1 aliphatic carbocycles. The zero-order valence-corrected chi connectivity index (χ0v) is 19.9. The van der Waals surface area contributed by atoms with E-state index in [2.05, 4.69) is 27.4 Å². The zero-order chi connectivity index (χ0) is 19.4. The van der Waals surface area contributed by atoms with E-state index in [9.17, 15) is 0 Å². The molecule has 7 nitrogen and oxygen atoms in total. The number of guanidine groups is 1. The van der Waals surface area contributed by atoms with Crippen molar-refractivity contribution in [3.05, 3.63) is 23.9 Å². The van der Waals surface area contributed by atoms with E-state index in [0.29, 0.717) is 12.6 Å². The molecule has 1 aromatic rings. The molecule has 1 aliphatic heterocycles. The predicted molar refractivity (Wildman–Crippen MR) is 127 cm³/mol. The predicted octanol–water partition coefficient (Wildman–Crippen LogP) is 2.80. The van der Waals surface area contributed by atoms with E-state index in [0.717, 1.165) is 82.6 Å². The first-order valence-electron chi connectivity index (χ1n) is 10.8. The van der Waals surface area contributed by atoms with Gasteiger partial charge in [0.2, 0.25) is 5.88 Å². The van der Waals surface area contributed by atoms with Gasteiger partial charge in [0, 0.05) is 38.4 Å². The fraction of sp³-hybridized carbons (Fsp3) is 0.714. The van der Waals surface area contributed by atoms with Crippen LogP contribution in [0.1, 0.15) is 44.6 Å². The van der Waals surface area contributed by atoms with Crippen LogP contribution in [0.2, 0.25) is 0 Å². The number of rotatable bonds is 9. The highest BCUT2D eigenvalue weighted by Crippen LogP contribution is 2.23. The lowest BCUT2D eigenvalue weighted by Gasteiger charge is -2.26. The summed E-state index contributed by atoms with van der Waals surface area (Å²) in [6, 6.07) is 4.02. The second kappa shape index (κ2) is 14.0. The van der Waals surface area contributed by atoms with Crippen LogP contribution in [0.15, 0.2) is 23.3 Å². The molecule has 1 saturated heterocycles. The highest BCUT2D eigenvalue weighted by atomic mass is 127. The summed E-state index contributed by atoms with van der Waals surface area (Å²) < 4.78 is 11.4. The van der Waals surface area contributed by atoms with Gasteiger partial charge in [-0.15, -0.1) is 24.0 Å².